The highest BCUT2D eigenvalue weighted by molar-refractivity contribution is 5.93. The second-order valence-corrected chi connectivity index (χ2v) is 6.00. The molecule has 2 aromatic heterocycles. The number of rotatable bonds is 2. The minimum absolute atomic E-state index is 0.986. The molecule has 0 radical (unpaired) electrons. The molecule has 3 heterocycles. The number of nitrogens with one attached hydrogen (secondary N) is 1. The van der Waals surface area contributed by atoms with Gasteiger partial charge in [0, 0.05) is 47.8 Å². The number of fused-ring (bicyclic) bond motifs is 2. The zero-order valence-electron chi connectivity index (χ0n) is 13.9. The van der Waals surface area contributed by atoms with Gasteiger partial charge in [0.05, 0.1) is 0 Å². The number of benzene rings is 1. The van der Waals surface area contributed by atoms with E-state index >= 15 is 0 Å². The van der Waals surface area contributed by atoms with E-state index in [4.69, 9.17) is 0 Å². The highest BCUT2D eigenvalue weighted by Gasteiger charge is 2.10. The van der Waals surface area contributed by atoms with E-state index in [-0.39, 0.29) is 0 Å². The van der Waals surface area contributed by atoms with Gasteiger partial charge < -0.3 is 5.32 Å². The van der Waals surface area contributed by atoms with Crippen LogP contribution in [0.15, 0.2) is 49.2 Å². The third-order valence-electron chi connectivity index (χ3n) is 4.70. The molecule has 24 heavy (non-hydrogen) atoms. The lowest BCUT2D eigenvalue weighted by molar-refractivity contribution is 1.12. The lowest BCUT2D eigenvalue weighted by Gasteiger charge is -2.10. The standard InChI is InChI=1S/C21H19N3/c1-3-17-18-6-9-23-12-20(18)14(2)19-10-16(11-24-13-21(17)19)15-4-7-22-8-5-15/h4-13,24H,3H2,1-2H3. The number of hydrogen-bond donors (Lipinski definition) is 1. The van der Waals surface area contributed by atoms with E-state index in [1.807, 2.05) is 36.9 Å². The number of nitrogens with zero attached hydrogens (tertiary/aromatic N) is 2. The maximum atomic E-state index is 4.34. The first-order valence-electron chi connectivity index (χ1n) is 8.23. The van der Waals surface area contributed by atoms with Crippen LogP contribution in [0.1, 0.15) is 23.6 Å². The van der Waals surface area contributed by atoms with Crippen LogP contribution >= 0.6 is 0 Å². The Hall–Kier alpha value is -2.94. The Labute approximate surface area is 141 Å². The summed E-state index contributed by atoms with van der Waals surface area (Å²) in [6.07, 6.45) is 14.9. The van der Waals surface area contributed by atoms with Gasteiger partial charge in [-0.05, 0) is 70.5 Å². The molecule has 1 aliphatic heterocycles. The molecular weight excluding hydrogens is 294 g/mol. The van der Waals surface area contributed by atoms with Crippen molar-refractivity contribution in [2.75, 3.05) is 0 Å². The molecule has 3 aromatic rings. The summed E-state index contributed by atoms with van der Waals surface area (Å²) in [4.78, 5) is 8.45. The lowest BCUT2D eigenvalue weighted by atomic mass is 9.94. The summed E-state index contributed by atoms with van der Waals surface area (Å²) in [7, 11) is 0. The van der Waals surface area contributed by atoms with E-state index in [0.717, 1.165) is 17.6 Å². The molecule has 1 aromatic carbocycles. The van der Waals surface area contributed by atoms with Crippen LogP contribution in [-0.2, 0) is 6.42 Å². The van der Waals surface area contributed by atoms with Crippen LogP contribution in [-0.4, -0.2) is 9.97 Å². The monoisotopic (exact) mass is 313 g/mol. The van der Waals surface area contributed by atoms with E-state index in [1.165, 1.54) is 32.3 Å². The molecule has 0 aliphatic carbocycles. The molecule has 0 unspecified atom stereocenters. The predicted octanol–water partition coefficient (Wildman–Crippen LogP) is 2.66. The summed E-state index contributed by atoms with van der Waals surface area (Å²) >= 11 is 0. The van der Waals surface area contributed by atoms with Crippen molar-refractivity contribution in [3.05, 3.63) is 76.3 Å². The third kappa shape index (κ3) is 2.29. The van der Waals surface area contributed by atoms with Crippen molar-refractivity contribution in [2.24, 2.45) is 0 Å². The van der Waals surface area contributed by atoms with Gasteiger partial charge in [0.1, 0.15) is 0 Å². The molecule has 1 aliphatic rings. The van der Waals surface area contributed by atoms with Gasteiger partial charge in [0.2, 0.25) is 0 Å². The number of pyridine rings is 2. The van der Waals surface area contributed by atoms with Crippen molar-refractivity contribution in [1.29, 1.82) is 0 Å². The fourth-order valence-corrected chi connectivity index (χ4v) is 3.47. The Morgan fingerprint density at radius 3 is 2.50 bits per heavy atom. The van der Waals surface area contributed by atoms with E-state index in [9.17, 15) is 0 Å². The summed E-state index contributed by atoms with van der Waals surface area (Å²) < 4.78 is 0. The zero-order chi connectivity index (χ0) is 16.5. The number of hydrogen-bond acceptors (Lipinski definition) is 3. The van der Waals surface area contributed by atoms with Gasteiger partial charge in [-0.2, -0.15) is 0 Å². The molecular formula is C21H19N3. The van der Waals surface area contributed by atoms with Crippen LogP contribution in [0.25, 0.3) is 28.6 Å². The quantitative estimate of drug-likeness (QED) is 0.790. The van der Waals surface area contributed by atoms with Crippen LogP contribution in [0.5, 0.6) is 0 Å². The molecule has 1 N–H and O–H groups in total. The summed E-state index contributed by atoms with van der Waals surface area (Å²) in [5.74, 6) is 0. The maximum absolute atomic E-state index is 4.34. The highest BCUT2D eigenvalue weighted by atomic mass is 14.8. The highest BCUT2D eigenvalue weighted by Crippen LogP contribution is 2.19. The molecule has 0 saturated heterocycles. The second-order valence-electron chi connectivity index (χ2n) is 6.00. The van der Waals surface area contributed by atoms with Gasteiger partial charge in [0.25, 0.3) is 0 Å². The number of aromatic nitrogens is 2. The first-order valence-corrected chi connectivity index (χ1v) is 8.23. The Morgan fingerprint density at radius 2 is 1.71 bits per heavy atom. The first kappa shape index (κ1) is 14.6. The molecule has 0 atom stereocenters. The fourth-order valence-electron chi connectivity index (χ4n) is 3.47. The maximum Gasteiger partial charge on any atom is 0.0349 e. The molecule has 0 saturated carbocycles. The smallest absolute Gasteiger partial charge is 0.0349 e. The average molecular weight is 313 g/mol. The van der Waals surface area contributed by atoms with Gasteiger partial charge >= 0.3 is 0 Å². The van der Waals surface area contributed by atoms with Crippen molar-refractivity contribution < 1.29 is 0 Å². The normalized spacial score (nSPS) is 13.2. The SMILES string of the molecule is CCc1c2c(c(C)c3cnccc13)=CC(c1ccncc1)=CNC=2. The van der Waals surface area contributed by atoms with Crippen molar-refractivity contribution in [1.82, 2.24) is 15.3 Å². The zero-order valence-corrected chi connectivity index (χ0v) is 13.9. The Bertz CT molecular complexity index is 1060. The van der Waals surface area contributed by atoms with Gasteiger partial charge in [-0.25, -0.2) is 0 Å². The molecule has 0 spiro atoms. The van der Waals surface area contributed by atoms with Crippen molar-refractivity contribution in [3.63, 3.8) is 0 Å². The van der Waals surface area contributed by atoms with E-state index < -0.39 is 0 Å². The van der Waals surface area contributed by atoms with Crippen LogP contribution in [0.3, 0.4) is 0 Å². The number of aryl methyl sites for hydroxylation is 2. The van der Waals surface area contributed by atoms with Crippen LogP contribution in [0.2, 0.25) is 0 Å². The van der Waals surface area contributed by atoms with E-state index in [2.05, 4.69) is 53.7 Å². The van der Waals surface area contributed by atoms with Gasteiger partial charge in [-0.15, -0.1) is 0 Å². The largest absolute Gasteiger partial charge is 0.366 e. The first-order chi connectivity index (χ1) is 11.8. The van der Waals surface area contributed by atoms with E-state index in [0.29, 0.717) is 0 Å². The molecule has 4 rings (SSSR count). The fraction of sp³-hybridized carbons (Fsp3) is 0.143. The molecule has 0 bridgehead atoms. The van der Waals surface area contributed by atoms with Crippen LogP contribution in [0, 0.1) is 6.92 Å². The number of allylic oxidation sites excluding steroid dienone is 1. The second kappa shape index (κ2) is 5.93. The van der Waals surface area contributed by atoms with Gasteiger partial charge in [-0.1, -0.05) is 6.92 Å². The average Bonchev–Trinajstić information content (AvgIpc) is 2.86. The summed E-state index contributed by atoms with van der Waals surface area (Å²) in [6.45, 7) is 4.39. The van der Waals surface area contributed by atoms with Gasteiger partial charge in [0.15, 0.2) is 0 Å². The Kier molecular flexibility index (Phi) is 3.62. The summed E-state index contributed by atoms with van der Waals surface area (Å²) in [6, 6.07) is 6.19. The van der Waals surface area contributed by atoms with Crippen LogP contribution < -0.4 is 15.8 Å². The van der Waals surface area contributed by atoms with Gasteiger partial charge in [-0.3, -0.25) is 9.97 Å². The van der Waals surface area contributed by atoms with Crippen molar-refractivity contribution in [3.8, 4) is 0 Å². The van der Waals surface area contributed by atoms with Crippen molar-refractivity contribution in [2.45, 2.75) is 20.3 Å². The predicted molar refractivity (Wildman–Crippen MR) is 99.4 cm³/mol. The topological polar surface area (TPSA) is 37.8 Å². The van der Waals surface area contributed by atoms with Crippen molar-refractivity contribution >= 4 is 28.6 Å². The Balaban J connectivity index is 2.09. The molecule has 118 valence electrons. The summed E-state index contributed by atoms with van der Waals surface area (Å²) in [5, 5.41) is 8.43. The summed E-state index contributed by atoms with van der Waals surface area (Å²) in [5.41, 5.74) is 4.94. The van der Waals surface area contributed by atoms with Crippen LogP contribution in [0.4, 0.5) is 0 Å². The minimum Gasteiger partial charge on any atom is -0.366 e. The Morgan fingerprint density at radius 1 is 0.917 bits per heavy atom. The molecule has 0 amide bonds. The lowest BCUT2D eigenvalue weighted by Crippen LogP contribution is -2.32. The van der Waals surface area contributed by atoms with E-state index in [1.54, 1.807) is 0 Å². The molecule has 3 heteroatoms. The molecule has 0 fully saturated rings. The third-order valence-corrected chi connectivity index (χ3v) is 4.70. The minimum atomic E-state index is 0.986. The molecule has 3 nitrogen and oxygen atoms in total.